The number of nitrogens with zero attached hydrogens (tertiary/aromatic N) is 1. The summed E-state index contributed by atoms with van der Waals surface area (Å²) in [6.45, 7) is 1.76. The summed E-state index contributed by atoms with van der Waals surface area (Å²) in [6, 6.07) is 7.72. The van der Waals surface area contributed by atoms with Crippen LogP contribution in [0.2, 0.25) is 0 Å². The van der Waals surface area contributed by atoms with Crippen LogP contribution in [0.1, 0.15) is 25.1 Å². The molecule has 0 bridgehead atoms. The molecular formula is C17H22N4O2S. The van der Waals surface area contributed by atoms with Crippen molar-refractivity contribution >= 4 is 28.6 Å². The van der Waals surface area contributed by atoms with E-state index in [1.54, 1.807) is 17.8 Å². The Kier molecular flexibility index (Phi) is 5.87. The van der Waals surface area contributed by atoms with E-state index in [2.05, 4.69) is 20.6 Å². The topological polar surface area (TPSA) is 86.9 Å². The second-order valence-corrected chi connectivity index (χ2v) is 7.03. The molecule has 1 unspecified atom stereocenters. The molecule has 0 spiro atoms. The van der Waals surface area contributed by atoms with E-state index in [0.717, 1.165) is 13.0 Å². The van der Waals surface area contributed by atoms with E-state index in [1.807, 2.05) is 18.2 Å². The summed E-state index contributed by atoms with van der Waals surface area (Å²) in [5.74, 6) is 2.04. The van der Waals surface area contributed by atoms with Crippen molar-refractivity contribution in [2.45, 2.75) is 31.1 Å². The molecule has 1 amide bonds. The van der Waals surface area contributed by atoms with E-state index in [0.29, 0.717) is 47.2 Å². The van der Waals surface area contributed by atoms with E-state index in [1.165, 1.54) is 6.42 Å². The van der Waals surface area contributed by atoms with Crippen LogP contribution < -0.4 is 16.2 Å². The molecule has 2 aromatic rings. The number of amides is 1. The highest BCUT2D eigenvalue weighted by molar-refractivity contribution is 7.98. The Labute approximate surface area is 144 Å². The van der Waals surface area contributed by atoms with Gasteiger partial charge in [0.2, 0.25) is 5.91 Å². The van der Waals surface area contributed by atoms with E-state index < -0.39 is 0 Å². The smallest absolute Gasteiger partial charge is 0.258 e. The molecule has 1 aliphatic heterocycles. The van der Waals surface area contributed by atoms with Gasteiger partial charge in [0, 0.05) is 24.8 Å². The molecule has 1 aromatic heterocycles. The van der Waals surface area contributed by atoms with Crippen molar-refractivity contribution in [2.75, 3.05) is 18.8 Å². The molecule has 0 radical (unpaired) electrons. The van der Waals surface area contributed by atoms with Crippen LogP contribution >= 0.6 is 11.8 Å². The molecule has 1 aromatic carbocycles. The number of aromatic amines is 1. The van der Waals surface area contributed by atoms with Gasteiger partial charge < -0.3 is 15.6 Å². The molecule has 0 aliphatic carbocycles. The summed E-state index contributed by atoms with van der Waals surface area (Å²) >= 11 is 1.60. The van der Waals surface area contributed by atoms with Crippen LogP contribution in [0.3, 0.4) is 0 Å². The van der Waals surface area contributed by atoms with E-state index in [9.17, 15) is 9.59 Å². The number of fused-ring (bicyclic) bond motifs is 1. The van der Waals surface area contributed by atoms with E-state index in [4.69, 9.17) is 0 Å². The first kappa shape index (κ1) is 17.0. The average molecular weight is 346 g/mol. The van der Waals surface area contributed by atoms with Crippen molar-refractivity contribution in [3.05, 3.63) is 40.4 Å². The number of nitrogens with one attached hydrogen (secondary N) is 3. The molecule has 128 valence electrons. The highest BCUT2D eigenvalue weighted by Crippen LogP contribution is 2.12. The predicted octanol–water partition coefficient (Wildman–Crippen LogP) is 1.41. The minimum Gasteiger partial charge on any atom is -0.355 e. The quantitative estimate of drug-likeness (QED) is 0.660. The molecule has 7 heteroatoms. The molecule has 3 N–H and O–H groups in total. The number of hydrogen-bond donors (Lipinski definition) is 3. The molecule has 24 heavy (non-hydrogen) atoms. The SMILES string of the molecule is O=C(CCSCc1nc2ccccc2c(=O)[nH]1)NCC1CCCN1. The van der Waals surface area contributed by atoms with Gasteiger partial charge in [-0.2, -0.15) is 11.8 Å². The standard InChI is InChI=1S/C17H22N4O2S/c22-16(19-10-12-4-3-8-18-12)7-9-24-11-15-20-14-6-2-1-5-13(14)17(23)21-15/h1-2,5-6,12,18H,3-4,7-11H2,(H,19,22)(H,20,21,23). The second kappa shape index (κ2) is 8.30. The highest BCUT2D eigenvalue weighted by Gasteiger charge is 2.14. The lowest BCUT2D eigenvalue weighted by Crippen LogP contribution is -2.37. The van der Waals surface area contributed by atoms with Gasteiger partial charge in [-0.25, -0.2) is 4.98 Å². The first-order valence-corrected chi connectivity index (χ1v) is 9.43. The summed E-state index contributed by atoms with van der Waals surface area (Å²) in [5, 5.41) is 6.93. The molecule has 6 nitrogen and oxygen atoms in total. The summed E-state index contributed by atoms with van der Waals surface area (Å²) in [4.78, 5) is 31.1. The number of carbonyl (C=O) groups is 1. The van der Waals surface area contributed by atoms with Crippen LogP contribution in [0.15, 0.2) is 29.1 Å². The number of para-hydroxylation sites is 1. The summed E-state index contributed by atoms with van der Waals surface area (Å²) in [5.41, 5.74) is 0.594. The van der Waals surface area contributed by atoms with Crippen LogP contribution in [0, 0.1) is 0 Å². The van der Waals surface area contributed by atoms with Crippen LogP contribution in [0.25, 0.3) is 10.9 Å². The van der Waals surface area contributed by atoms with Crippen LogP contribution in [-0.2, 0) is 10.5 Å². The van der Waals surface area contributed by atoms with Crippen molar-refractivity contribution in [1.29, 1.82) is 0 Å². The Morgan fingerprint density at radius 3 is 3.08 bits per heavy atom. The molecule has 3 rings (SSSR count). The lowest BCUT2D eigenvalue weighted by Gasteiger charge is -2.11. The Hall–Kier alpha value is -1.86. The number of aromatic nitrogens is 2. The third-order valence-corrected chi connectivity index (χ3v) is 5.05. The molecule has 0 saturated carbocycles. The molecule has 1 atom stereocenters. The van der Waals surface area contributed by atoms with Crippen molar-refractivity contribution in [1.82, 2.24) is 20.6 Å². The zero-order chi connectivity index (χ0) is 16.8. The van der Waals surface area contributed by atoms with Crippen LogP contribution in [0.4, 0.5) is 0 Å². The Balaban J connectivity index is 1.41. The van der Waals surface area contributed by atoms with Crippen molar-refractivity contribution in [3.63, 3.8) is 0 Å². The van der Waals surface area contributed by atoms with Gasteiger partial charge in [0.25, 0.3) is 5.56 Å². The summed E-state index contributed by atoms with van der Waals surface area (Å²) in [6.07, 6.45) is 2.80. The number of hydrogen-bond acceptors (Lipinski definition) is 5. The second-order valence-electron chi connectivity index (χ2n) is 5.93. The minimum atomic E-state index is -0.113. The van der Waals surface area contributed by atoms with E-state index in [-0.39, 0.29) is 11.5 Å². The fraction of sp³-hybridized carbons (Fsp3) is 0.471. The van der Waals surface area contributed by atoms with Crippen LogP contribution in [-0.4, -0.2) is 40.8 Å². The largest absolute Gasteiger partial charge is 0.355 e. The number of H-pyrrole nitrogens is 1. The lowest BCUT2D eigenvalue weighted by molar-refractivity contribution is -0.120. The third kappa shape index (κ3) is 4.58. The maximum Gasteiger partial charge on any atom is 0.258 e. The fourth-order valence-electron chi connectivity index (χ4n) is 2.79. The monoisotopic (exact) mass is 346 g/mol. The molecule has 1 aliphatic rings. The molecular weight excluding hydrogens is 324 g/mol. The maximum atomic E-state index is 12.0. The first-order valence-electron chi connectivity index (χ1n) is 8.28. The minimum absolute atomic E-state index is 0.0798. The van der Waals surface area contributed by atoms with Crippen molar-refractivity contribution in [2.24, 2.45) is 0 Å². The fourth-order valence-corrected chi connectivity index (χ4v) is 3.60. The van der Waals surface area contributed by atoms with Gasteiger partial charge in [-0.15, -0.1) is 0 Å². The van der Waals surface area contributed by atoms with Gasteiger partial charge in [0.1, 0.15) is 5.82 Å². The van der Waals surface area contributed by atoms with Crippen molar-refractivity contribution < 1.29 is 4.79 Å². The normalized spacial score (nSPS) is 17.2. The predicted molar refractivity (Wildman–Crippen MR) is 97.2 cm³/mol. The first-order chi connectivity index (χ1) is 11.7. The zero-order valence-corrected chi connectivity index (χ0v) is 14.3. The average Bonchev–Trinajstić information content (AvgIpc) is 3.10. The van der Waals surface area contributed by atoms with Gasteiger partial charge in [0.05, 0.1) is 16.7 Å². The Bertz CT molecular complexity index is 756. The van der Waals surface area contributed by atoms with Gasteiger partial charge in [0.15, 0.2) is 0 Å². The third-order valence-electron chi connectivity index (χ3n) is 4.08. The van der Waals surface area contributed by atoms with Crippen molar-refractivity contribution in [3.8, 4) is 0 Å². The Morgan fingerprint density at radius 1 is 1.38 bits per heavy atom. The van der Waals surface area contributed by atoms with Gasteiger partial charge >= 0.3 is 0 Å². The van der Waals surface area contributed by atoms with Gasteiger partial charge in [-0.05, 0) is 31.5 Å². The van der Waals surface area contributed by atoms with Gasteiger partial charge in [-0.3, -0.25) is 9.59 Å². The van der Waals surface area contributed by atoms with Gasteiger partial charge in [-0.1, -0.05) is 12.1 Å². The van der Waals surface area contributed by atoms with E-state index >= 15 is 0 Å². The van der Waals surface area contributed by atoms with Crippen LogP contribution in [0.5, 0.6) is 0 Å². The summed E-state index contributed by atoms with van der Waals surface area (Å²) < 4.78 is 0. The number of rotatable bonds is 7. The molecule has 2 heterocycles. The number of carbonyl (C=O) groups excluding carboxylic acids is 1. The molecule has 1 saturated heterocycles. The number of benzene rings is 1. The number of thioether (sulfide) groups is 1. The maximum absolute atomic E-state index is 12.0. The molecule has 1 fully saturated rings. The highest BCUT2D eigenvalue weighted by atomic mass is 32.2. The Morgan fingerprint density at radius 2 is 2.25 bits per heavy atom. The zero-order valence-electron chi connectivity index (χ0n) is 13.5. The lowest BCUT2D eigenvalue weighted by atomic mass is 10.2. The summed E-state index contributed by atoms with van der Waals surface area (Å²) in [7, 11) is 0.